The second-order valence-corrected chi connectivity index (χ2v) is 7.00. The van der Waals surface area contributed by atoms with Gasteiger partial charge >= 0.3 is 0 Å². The molecule has 0 spiro atoms. The first-order valence-electron chi connectivity index (χ1n) is 5.45. The van der Waals surface area contributed by atoms with Crippen molar-refractivity contribution in [2.45, 2.75) is 6.61 Å². The molecule has 0 aliphatic heterocycles. The van der Waals surface area contributed by atoms with E-state index in [9.17, 15) is 4.79 Å². The SMILES string of the molecule is COCc1ccccc1NC(=O)c1cc(Br)c(Br)s1. The minimum atomic E-state index is -0.125. The van der Waals surface area contributed by atoms with E-state index in [1.165, 1.54) is 11.3 Å². The molecule has 2 aromatic rings. The lowest BCUT2D eigenvalue weighted by atomic mass is 10.2. The predicted molar refractivity (Wildman–Crippen MR) is 84.8 cm³/mol. The van der Waals surface area contributed by atoms with Crippen LogP contribution in [0.15, 0.2) is 38.6 Å². The molecule has 3 nitrogen and oxygen atoms in total. The summed E-state index contributed by atoms with van der Waals surface area (Å²) in [5, 5.41) is 2.90. The number of nitrogens with one attached hydrogen (secondary N) is 1. The minimum absolute atomic E-state index is 0.125. The lowest BCUT2D eigenvalue weighted by Gasteiger charge is -2.09. The van der Waals surface area contributed by atoms with Gasteiger partial charge in [0.15, 0.2) is 0 Å². The first kappa shape index (κ1) is 14.7. The molecule has 1 aromatic heterocycles. The summed E-state index contributed by atoms with van der Waals surface area (Å²) in [6.45, 7) is 0.467. The van der Waals surface area contributed by atoms with Crippen LogP contribution in [0, 0.1) is 0 Å². The summed E-state index contributed by atoms with van der Waals surface area (Å²) < 4.78 is 6.90. The Bertz CT molecular complexity index is 579. The lowest BCUT2D eigenvalue weighted by Crippen LogP contribution is -2.12. The maximum absolute atomic E-state index is 12.2. The standard InChI is InChI=1S/C13H11Br2NO2S/c1-18-7-8-4-2-3-5-10(8)16-13(17)11-6-9(14)12(15)19-11/h2-6H,7H2,1H3,(H,16,17). The third kappa shape index (κ3) is 3.66. The maximum atomic E-state index is 12.2. The quantitative estimate of drug-likeness (QED) is 0.803. The van der Waals surface area contributed by atoms with E-state index in [4.69, 9.17) is 4.74 Å². The Labute approximate surface area is 132 Å². The second-order valence-electron chi connectivity index (χ2n) is 3.78. The van der Waals surface area contributed by atoms with Crippen molar-refractivity contribution >= 4 is 54.8 Å². The molecule has 1 aromatic carbocycles. The summed E-state index contributed by atoms with van der Waals surface area (Å²) in [4.78, 5) is 12.8. The number of para-hydroxylation sites is 1. The molecule has 19 heavy (non-hydrogen) atoms. The number of carbonyl (C=O) groups excluding carboxylic acids is 1. The number of thiophene rings is 1. The van der Waals surface area contributed by atoms with E-state index in [1.807, 2.05) is 24.3 Å². The molecular formula is C13H11Br2NO2S. The number of carbonyl (C=O) groups is 1. The average molecular weight is 405 g/mol. The highest BCUT2D eigenvalue weighted by molar-refractivity contribution is 9.13. The van der Waals surface area contributed by atoms with Crippen LogP contribution in [0.2, 0.25) is 0 Å². The van der Waals surface area contributed by atoms with Crippen LogP contribution in [0.25, 0.3) is 0 Å². The van der Waals surface area contributed by atoms with Crippen molar-refractivity contribution < 1.29 is 9.53 Å². The van der Waals surface area contributed by atoms with Gasteiger partial charge in [-0.3, -0.25) is 4.79 Å². The van der Waals surface area contributed by atoms with E-state index in [1.54, 1.807) is 13.2 Å². The zero-order valence-corrected chi connectivity index (χ0v) is 14.1. The van der Waals surface area contributed by atoms with Gasteiger partial charge in [-0.2, -0.15) is 0 Å². The summed E-state index contributed by atoms with van der Waals surface area (Å²) in [5.74, 6) is -0.125. The number of methoxy groups -OCH3 is 1. The average Bonchev–Trinajstić information content (AvgIpc) is 2.72. The van der Waals surface area contributed by atoms with Crippen LogP contribution < -0.4 is 5.32 Å². The fourth-order valence-corrected chi connectivity index (χ4v) is 3.50. The summed E-state index contributed by atoms with van der Waals surface area (Å²) in [5.41, 5.74) is 1.73. The van der Waals surface area contributed by atoms with Crippen LogP contribution in [0.4, 0.5) is 5.69 Å². The van der Waals surface area contributed by atoms with E-state index in [2.05, 4.69) is 37.2 Å². The van der Waals surface area contributed by atoms with Gasteiger partial charge in [-0.25, -0.2) is 0 Å². The molecule has 0 radical (unpaired) electrons. The molecule has 1 heterocycles. The first-order chi connectivity index (χ1) is 9.11. The van der Waals surface area contributed by atoms with Gasteiger partial charge in [0, 0.05) is 22.8 Å². The van der Waals surface area contributed by atoms with Crippen LogP contribution >= 0.6 is 43.2 Å². The van der Waals surface area contributed by atoms with Gasteiger partial charge in [-0.1, -0.05) is 18.2 Å². The first-order valence-corrected chi connectivity index (χ1v) is 7.85. The normalized spacial score (nSPS) is 10.5. The number of halogens is 2. The van der Waals surface area contributed by atoms with Crippen molar-refractivity contribution in [1.29, 1.82) is 0 Å². The molecule has 100 valence electrons. The van der Waals surface area contributed by atoms with E-state index in [-0.39, 0.29) is 5.91 Å². The van der Waals surface area contributed by atoms with Crippen LogP contribution in [0.1, 0.15) is 15.2 Å². The Hall–Kier alpha value is -0.690. The molecule has 0 aliphatic rings. The van der Waals surface area contributed by atoms with Crippen LogP contribution in [0.5, 0.6) is 0 Å². The zero-order valence-electron chi connectivity index (χ0n) is 10.1. The predicted octanol–water partition coefficient (Wildman–Crippen LogP) is 4.67. The van der Waals surface area contributed by atoms with Gasteiger partial charge in [-0.05, 0) is 44.0 Å². The number of ether oxygens (including phenoxy) is 1. The molecule has 0 atom stereocenters. The summed E-state index contributed by atoms with van der Waals surface area (Å²) in [6, 6.07) is 9.39. The van der Waals surface area contributed by atoms with Gasteiger partial charge < -0.3 is 10.1 Å². The van der Waals surface area contributed by atoms with E-state index >= 15 is 0 Å². The van der Waals surface area contributed by atoms with Gasteiger partial charge in [0.2, 0.25) is 0 Å². The summed E-state index contributed by atoms with van der Waals surface area (Å²) in [7, 11) is 1.63. The molecule has 0 fully saturated rings. The third-order valence-electron chi connectivity index (χ3n) is 2.43. The van der Waals surface area contributed by atoms with E-state index in [0.29, 0.717) is 11.5 Å². The molecule has 2 rings (SSSR count). The smallest absolute Gasteiger partial charge is 0.265 e. The Morgan fingerprint density at radius 3 is 2.74 bits per heavy atom. The molecule has 1 N–H and O–H groups in total. The highest BCUT2D eigenvalue weighted by Gasteiger charge is 2.13. The van der Waals surface area contributed by atoms with Crippen LogP contribution in [0.3, 0.4) is 0 Å². The second kappa shape index (κ2) is 6.65. The highest BCUT2D eigenvalue weighted by atomic mass is 79.9. The van der Waals surface area contributed by atoms with Crippen molar-refractivity contribution in [2.75, 3.05) is 12.4 Å². The zero-order chi connectivity index (χ0) is 13.8. The molecule has 0 aliphatic carbocycles. The molecular weight excluding hydrogens is 394 g/mol. The highest BCUT2D eigenvalue weighted by Crippen LogP contribution is 2.32. The lowest BCUT2D eigenvalue weighted by molar-refractivity contribution is 0.103. The van der Waals surface area contributed by atoms with Crippen molar-refractivity contribution in [3.05, 3.63) is 49.0 Å². The molecule has 0 saturated heterocycles. The molecule has 0 saturated carbocycles. The van der Waals surface area contributed by atoms with Gasteiger partial charge in [0.1, 0.15) is 0 Å². The fraction of sp³-hybridized carbons (Fsp3) is 0.154. The van der Waals surface area contributed by atoms with Crippen LogP contribution in [-0.4, -0.2) is 13.0 Å². The minimum Gasteiger partial charge on any atom is -0.380 e. The number of amides is 1. The third-order valence-corrected chi connectivity index (χ3v) is 5.69. The monoisotopic (exact) mass is 403 g/mol. The van der Waals surface area contributed by atoms with Crippen molar-refractivity contribution in [3.63, 3.8) is 0 Å². The largest absolute Gasteiger partial charge is 0.380 e. The van der Waals surface area contributed by atoms with Gasteiger partial charge in [0.25, 0.3) is 5.91 Å². The van der Waals surface area contributed by atoms with Gasteiger partial charge in [0.05, 0.1) is 15.3 Å². The van der Waals surface area contributed by atoms with Crippen molar-refractivity contribution in [1.82, 2.24) is 0 Å². The maximum Gasteiger partial charge on any atom is 0.265 e. The van der Waals surface area contributed by atoms with Crippen molar-refractivity contribution in [3.8, 4) is 0 Å². The topological polar surface area (TPSA) is 38.3 Å². The summed E-state index contributed by atoms with van der Waals surface area (Å²) in [6.07, 6.45) is 0. The van der Waals surface area contributed by atoms with E-state index < -0.39 is 0 Å². The Morgan fingerprint density at radius 2 is 2.11 bits per heavy atom. The molecule has 0 bridgehead atoms. The fourth-order valence-electron chi connectivity index (χ4n) is 1.57. The number of anilines is 1. The summed E-state index contributed by atoms with van der Waals surface area (Å²) >= 11 is 8.14. The number of benzene rings is 1. The molecule has 0 unspecified atom stereocenters. The van der Waals surface area contributed by atoms with Crippen molar-refractivity contribution in [2.24, 2.45) is 0 Å². The number of rotatable bonds is 4. The molecule has 1 amide bonds. The van der Waals surface area contributed by atoms with E-state index in [0.717, 1.165) is 19.5 Å². The Kier molecular flexibility index (Phi) is 5.15. The van der Waals surface area contributed by atoms with Crippen LogP contribution in [-0.2, 0) is 11.3 Å². The Morgan fingerprint density at radius 1 is 1.37 bits per heavy atom. The molecule has 6 heteroatoms. The Balaban J connectivity index is 2.19. The van der Waals surface area contributed by atoms with Gasteiger partial charge in [-0.15, -0.1) is 11.3 Å². The number of hydrogen-bond acceptors (Lipinski definition) is 3. The number of hydrogen-bond donors (Lipinski definition) is 1.